The summed E-state index contributed by atoms with van der Waals surface area (Å²) in [6, 6.07) is -0.194. The molecule has 0 N–H and O–H groups in total. The molecule has 0 aromatic heterocycles. The fourth-order valence-electron chi connectivity index (χ4n) is 0.779. The molecule has 0 aliphatic carbocycles. The van der Waals surface area contributed by atoms with E-state index in [4.69, 9.17) is 0 Å². The summed E-state index contributed by atoms with van der Waals surface area (Å²) < 4.78 is 74.2. The van der Waals surface area contributed by atoms with Crippen molar-refractivity contribution in [1.82, 2.24) is 0 Å². The van der Waals surface area contributed by atoms with Crippen molar-refractivity contribution in [3.63, 3.8) is 0 Å². The fraction of sp³-hybridized carbons (Fsp3) is 0.143. The van der Waals surface area contributed by atoms with E-state index < -0.39 is 34.2 Å². The van der Waals surface area contributed by atoms with Crippen LogP contribution in [-0.4, -0.2) is 0 Å². The minimum Gasteiger partial charge on any atom is -0.204 e. The second-order valence-corrected chi connectivity index (χ2v) is 2.82. The highest BCUT2D eigenvalue weighted by Gasteiger charge is 2.35. The van der Waals surface area contributed by atoms with Crippen LogP contribution in [0.15, 0.2) is 6.07 Å². The summed E-state index contributed by atoms with van der Waals surface area (Å²) >= 11 is 4.33. The average Bonchev–Trinajstić information content (AvgIpc) is 2.06. The van der Waals surface area contributed by atoms with Gasteiger partial charge in [0.15, 0.2) is 23.3 Å². The van der Waals surface area contributed by atoms with Crippen molar-refractivity contribution in [3.8, 4) is 0 Å². The summed E-state index contributed by atoms with van der Waals surface area (Å²) in [6.07, 6.45) is 0. The third kappa shape index (κ3) is 1.79. The second-order valence-electron chi connectivity index (χ2n) is 2.35. The van der Waals surface area contributed by atoms with Crippen molar-refractivity contribution in [2.45, 2.75) is 5.38 Å². The summed E-state index contributed by atoms with van der Waals surface area (Å²) in [5.74, 6) is -8.62. The van der Waals surface area contributed by atoms with Crippen molar-refractivity contribution < 1.29 is 26.3 Å². The highest BCUT2D eigenvalue weighted by atomic mass is 35.5. The van der Waals surface area contributed by atoms with Gasteiger partial charge in [-0.05, 0) is 17.7 Å². The molecule has 7 heteroatoms. The van der Waals surface area contributed by atoms with Gasteiger partial charge in [-0.25, -0.2) is 17.6 Å². The third-order valence-electron chi connectivity index (χ3n) is 1.41. The van der Waals surface area contributed by atoms with Gasteiger partial charge in [-0.15, -0.1) is 0 Å². The van der Waals surface area contributed by atoms with Gasteiger partial charge in [-0.1, -0.05) is 0 Å². The summed E-state index contributed by atoms with van der Waals surface area (Å²) in [4.78, 5) is 0. The van der Waals surface area contributed by atoms with E-state index in [9.17, 15) is 26.3 Å². The Kier molecular flexibility index (Phi) is 2.67. The Morgan fingerprint density at radius 2 is 1.43 bits per heavy atom. The van der Waals surface area contributed by atoms with Crippen molar-refractivity contribution in [2.75, 3.05) is 0 Å². The van der Waals surface area contributed by atoms with Gasteiger partial charge in [0.1, 0.15) is 0 Å². The van der Waals surface area contributed by atoms with Gasteiger partial charge in [-0.2, -0.15) is 8.78 Å². The predicted molar refractivity (Wildman–Crippen MR) is 36.0 cm³/mol. The minimum absolute atomic E-state index is 0.194. The molecule has 0 nitrogen and oxygen atoms in total. The van der Waals surface area contributed by atoms with E-state index in [2.05, 4.69) is 11.6 Å². The van der Waals surface area contributed by atoms with Crippen molar-refractivity contribution in [3.05, 3.63) is 34.9 Å². The smallest absolute Gasteiger partial charge is 0.204 e. The monoisotopic (exact) mass is 234 g/mol. The molecule has 0 radical (unpaired) electrons. The standard InChI is InChI=1S/C7HClF6/c8-7(13,14)2-1-3(9)5(11)6(12)4(2)10/h1H. The van der Waals surface area contributed by atoms with Crippen LogP contribution in [0.2, 0.25) is 0 Å². The van der Waals surface area contributed by atoms with Crippen LogP contribution in [0.3, 0.4) is 0 Å². The number of halogens is 7. The van der Waals surface area contributed by atoms with Crippen LogP contribution >= 0.6 is 11.6 Å². The molecule has 0 spiro atoms. The zero-order valence-electron chi connectivity index (χ0n) is 6.22. The molecular formula is C7HClF6. The first-order valence-electron chi connectivity index (χ1n) is 3.15. The highest BCUT2D eigenvalue weighted by Crippen LogP contribution is 2.35. The minimum atomic E-state index is -4.29. The first kappa shape index (κ1) is 11.2. The molecule has 0 aliphatic rings. The van der Waals surface area contributed by atoms with Crippen LogP contribution < -0.4 is 0 Å². The van der Waals surface area contributed by atoms with E-state index in [0.29, 0.717) is 0 Å². The molecule has 0 saturated carbocycles. The molecule has 78 valence electrons. The van der Waals surface area contributed by atoms with Crippen LogP contribution in [0.4, 0.5) is 26.3 Å². The van der Waals surface area contributed by atoms with Crippen LogP contribution in [0, 0.1) is 23.3 Å². The van der Waals surface area contributed by atoms with Gasteiger partial charge in [0.05, 0.1) is 5.56 Å². The molecule has 1 aromatic carbocycles. The van der Waals surface area contributed by atoms with E-state index in [1.165, 1.54) is 0 Å². The lowest BCUT2D eigenvalue weighted by Gasteiger charge is -2.10. The molecule has 0 aliphatic heterocycles. The molecular weight excluding hydrogens is 234 g/mol. The van der Waals surface area contributed by atoms with E-state index in [-0.39, 0.29) is 6.07 Å². The largest absolute Gasteiger partial charge is 0.351 e. The molecule has 0 atom stereocenters. The first-order valence-corrected chi connectivity index (χ1v) is 3.53. The van der Waals surface area contributed by atoms with E-state index in [1.807, 2.05) is 0 Å². The maximum Gasteiger partial charge on any atom is 0.351 e. The summed E-state index contributed by atoms with van der Waals surface area (Å²) in [7, 11) is 0. The summed E-state index contributed by atoms with van der Waals surface area (Å²) in [5.41, 5.74) is -1.74. The molecule has 1 aromatic rings. The zero-order valence-corrected chi connectivity index (χ0v) is 6.98. The van der Waals surface area contributed by atoms with Crippen molar-refractivity contribution in [1.29, 1.82) is 0 Å². The molecule has 0 heterocycles. The Labute approximate surface area is 79.1 Å². The van der Waals surface area contributed by atoms with Crippen LogP contribution in [0.25, 0.3) is 0 Å². The van der Waals surface area contributed by atoms with Gasteiger partial charge in [0, 0.05) is 0 Å². The van der Waals surface area contributed by atoms with Crippen molar-refractivity contribution >= 4 is 11.6 Å². The number of benzene rings is 1. The molecule has 1 rings (SSSR count). The van der Waals surface area contributed by atoms with Gasteiger partial charge in [0.25, 0.3) is 0 Å². The van der Waals surface area contributed by atoms with Gasteiger partial charge >= 0.3 is 5.38 Å². The second kappa shape index (κ2) is 3.34. The van der Waals surface area contributed by atoms with Crippen LogP contribution in [-0.2, 0) is 5.38 Å². The van der Waals surface area contributed by atoms with Gasteiger partial charge in [0.2, 0.25) is 0 Å². The van der Waals surface area contributed by atoms with Crippen molar-refractivity contribution in [2.24, 2.45) is 0 Å². The van der Waals surface area contributed by atoms with E-state index in [1.54, 1.807) is 0 Å². The zero-order chi connectivity index (χ0) is 11.1. The summed E-state index contributed by atoms with van der Waals surface area (Å²) in [5, 5.41) is -4.29. The Bertz CT molecular complexity index is 369. The van der Waals surface area contributed by atoms with Gasteiger partial charge < -0.3 is 0 Å². The van der Waals surface area contributed by atoms with Crippen LogP contribution in [0.5, 0.6) is 0 Å². The molecule has 0 fully saturated rings. The lowest BCUT2D eigenvalue weighted by molar-refractivity contribution is 0.0886. The SMILES string of the molecule is Fc1cc(C(F)(F)Cl)c(F)c(F)c1F. The predicted octanol–water partition coefficient (Wildman–Crippen LogP) is 3.53. The lowest BCUT2D eigenvalue weighted by Crippen LogP contribution is -2.11. The topological polar surface area (TPSA) is 0 Å². The molecule has 14 heavy (non-hydrogen) atoms. The normalized spacial score (nSPS) is 11.9. The fourth-order valence-corrected chi connectivity index (χ4v) is 0.917. The quantitative estimate of drug-likeness (QED) is 0.302. The van der Waals surface area contributed by atoms with E-state index >= 15 is 0 Å². The molecule has 0 unspecified atom stereocenters. The first-order chi connectivity index (χ1) is 6.25. The highest BCUT2D eigenvalue weighted by molar-refractivity contribution is 6.21. The third-order valence-corrected chi connectivity index (χ3v) is 1.61. The molecule has 0 amide bonds. The Morgan fingerprint density at radius 1 is 0.929 bits per heavy atom. The summed E-state index contributed by atoms with van der Waals surface area (Å²) in [6.45, 7) is 0. The maximum atomic E-state index is 12.6. The number of alkyl halides is 3. The average molecular weight is 235 g/mol. The Hall–Kier alpha value is -0.910. The Balaban J connectivity index is 3.49. The number of hydrogen-bond donors (Lipinski definition) is 0. The Morgan fingerprint density at radius 3 is 1.86 bits per heavy atom. The molecule has 0 saturated heterocycles. The number of rotatable bonds is 1. The van der Waals surface area contributed by atoms with E-state index in [0.717, 1.165) is 0 Å². The van der Waals surface area contributed by atoms with Gasteiger partial charge in [-0.3, -0.25) is 0 Å². The van der Waals surface area contributed by atoms with Crippen LogP contribution in [0.1, 0.15) is 5.56 Å². The molecule has 0 bridgehead atoms. The maximum absolute atomic E-state index is 12.6. The lowest BCUT2D eigenvalue weighted by atomic mass is 10.2. The number of hydrogen-bond acceptors (Lipinski definition) is 0.